The molecule has 3 N–H and O–H groups in total. The third-order valence-electron chi connectivity index (χ3n) is 4.70. The van der Waals surface area contributed by atoms with Crippen molar-refractivity contribution in [2.45, 2.75) is 44.7 Å². The van der Waals surface area contributed by atoms with Crippen LogP contribution in [-0.4, -0.2) is 68.1 Å². The molecular weight excluding hydrogens is 252 g/mol. The Hall–Kier alpha value is -0.650. The molecule has 0 aliphatic carbocycles. The number of likely N-dealkylation sites (tertiary alicyclic amines) is 1. The fraction of sp³-hybridized carbons (Fsp3) is 0.933. The summed E-state index contributed by atoms with van der Waals surface area (Å²) in [6, 6.07) is 0.375. The topological polar surface area (TPSA) is 61.6 Å². The summed E-state index contributed by atoms with van der Waals surface area (Å²) in [7, 11) is 6.08. The van der Waals surface area contributed by atoms with E-state index in [1.807, 2.05) is 6.92 Å². The van der Waals surface area contributed by atoms with Gasteiger partial charge in [0.05, 0.1) is 5.54 Å². The molecule has 1 aliphatic heterocycles. The number of rotatable bonds is 7. The van der Waals surface area contributed by atoms with Gasteiger partial charge in [-0.25, -0.2) is 0 Å². The number of primary amides is 1. The highest BCUT2D eigenvalue weighted by Crippen LogP contribution is 2.23. The van der Waals surface area contributed by atoms with Gasteiger partial charge in [-0.05, 0) is 73.3 Å². The first kappa shape index (κ1) is 17.4. The van der Waals surface area contributed by atoms with Gasteiger partial charge in [0.2, 0.25) is 5.91 Å². The highest BCUT2D eigenvalue weighted by molar-refractivity contribution is 5.84. The lowest BCUT2D eigenvalue weighted by molar-refractivity contribution is -0.124. The first-order valence-corrected chi connectivity index (χ1v) is 7.66. The molecule has 2 atom stereocenters. The molecule has 1 amide bonds. The van der Waals surface area contributed by atoms with Gasteiger partial charge in [-0.15, -0.1) is 0 Å². The predicted molar refractivity (Wildman–Crippen MR) is 83.6 cm³/mol. The molecule has 0 aromatic rings. The SMILES string of the molecule is CNC(C)(CC(C)N1CCC(CN(C)C)CC1)C(N)=O. The van der Waals surface area contributed by atoms with Gasteiger partial charge in [0.25, 0.3) is 0 Å². The smallest absolute Gasteiger partial charge is 0.237 e. The summed E-state index contributed by atoms with van der Waals surface area (Å²) < 4.78 is 0. The van der Waals surface area contributed by atoms with E-state index in [-0.39, 0.29) is 5.91 Å². The molecule has 0 aromatic heterocycles. The van der Waals surface area contributed by atoms with E-state index in [1.54, 1.807) is 7.05 Å². The summed E-state index contributed by atoms with van der Waals surface area (Å²) in [6.45, 7) is 7.52. The number of carbonyl (C=O) groups is 1. The summed E-state index contributed by atoms with van der Waals surface area (Å²) in [5.74, 6) is 0.537. The Morgan fingerprint density at radius 1 is 1.45 bits per heavy atom. The van der Waals surface area contributed by atoms with E-state index in [2.05, 4.69) is 36.1 Å². The van der Waals surface area contributed by atoms with E-state index < -0.39 is 5.54 Å². The van der Waals surface area contributed by atoms with Crippen molar-refractivity contribution in [3.05, 3.63) is 0 Å². The lowest BCUT2D eigenvalue weighted by Gasteiger charge is -2.39. The lowest BCUT2D eigenvalue weighted by atomic mass is 9.90. The quantitative estimate of drug-likeness (QED) is 0.715. The highest BCUT2D eigenvalue weighted by atomic mass is 16.1. The van der Waals surface area contributed by atoms with Crippen molar-refractivity contribution < 1.29 is 4.79 Å². The average molecular weight is 284 g/mol. The van der Waals surface area contributed by atoms with Crippen molar-refractivity contribution in [2.24, 2.45) is 11.7 Å². The van der Waals surface area contributed by atoms with Crippen LogP contribution in [0.4, 0.5) is 0 Å². The van der Waals surface area contributed by atoms with Gasteiger partial charge in [-0.1, -0.05) is 0 Å². The highest BCUT2D eigenvalue weighted by Gasteiger charge is 2.33. The zero-order valence-electron chi connectivity index (χ0n) is 13.8. The molecule has 1 heterocycles. The van der Waals surface area contributed by atoms with Crippen LogP contribution in [0.1, 0.15) is 33.1 Å². The van der Waals surface area contributed by atoms with Gasteiger partial charge in [-0.3, -0.25) is 4.79 Å². The predicted octanol–water partition coefficient (Wildman–Crippen LogP) is 0.502. The Labute approximate surface area is 123 Å². The first-order valence-electron chi connectivity index (χ1n) is 7.66. The van der Waals surface area contributed by atoms with Crippen LogP contribution in [0.5, 0.6) is 0 Å². The molecule has 1 saturated heterocycles. The zero-order valence-corrected chi connectivity index (χ0v) is 13.8. The maximum atomic E-state index is 11.6. The number of hydrogen-bond donors (Lipinski definition) is 2. The summed E-state index contributed by atoms with van der Waals surface area (Å²) in [4.78, 5) is 16.3. The number of piperidine rings is 1. The zero-order chi connectivity index (χ0) is 15.3. The van der Waals surface area contributed by atoms with E-state index >= 15 is 0 Å². The summed E-state index contributed by atoms with van der Waals surface area (Å²) >= 11 is 0. The van der Waals surface area contributed by atoms with Crippen molar-refractivity contribution in [1.29, 1.82) is 0 Å². The molecule has 1 aliphatic rings. The number of amides is 1. The number of nitrogens with one attached hydrogen (secondary N) is 1. The molecule has 0 radical (unpaired) electrons. The molecule has 118 valence electrons. The van der Waals surface area contributed by atoms with Crippen molar-refractivity contribution in [1.82, 2.24) is 15.1 Å². The number of hydrogen-bond acceptors (Lipinski definition) is 4. The Morgan fingerprint density at radius 2 is 2.00 bits per heavy atom. The largest absolute Gasteiger partial charge is 0.368 e. The second kappa shape index (κ2) is 7.38. The maximum absolute atomic E-state index is 11.6. The summed E-state index contributed by atoms with van der Waals surface area (Å²) in [5, 5.41) is 3.07. The standard InChI is InChI=1S/C15H32N4O/c1-12(10-15(2,17-3)14(16)20)19-8-6-13(7-9-19)11-18(4)5/h12-13,17H,6-11H2,1-5H3,(H2,16,20). The van der Waals surface area contributed by atoms with Crippen molar-refractivity contribution in [2.75, 3.05) is 40.8 Å². The fourth-order valence-electron chi connectivity index (χ4n) is 3.14. The molecule has 5 heteroatoms. The maximum Gasteiger partial charge on any atom is 0.237 e. The summed E-state index contributed by atoms with van der Waals surface area (Å²) in [5.41, 5.74) is 4.90. The van der Waals surface area contributed by atoms with E-state index in [1.165, 1.54) is 19.4 Å². The molecule has 20 heavy (non-hydrogen) atoms. The molecule has 0 saturated carbocycles. The number of nitrogens with two attached hydrogens (primary N) is 1. The van der Waals surface area contributed by atoms with Gasteiger partial charge in [-0.2, -0.15) is 0 Å². The van der Waals surface area contributed by atoms with Crippen LogP contribution in [0.15, 0.2) is 0 Å². The lowest BCUT2D eigenvalue weighted by Crippen LogP contribution is -2.55. The third kappa shape index (κ3) is 4.72. The van der Waals surface area contributed by atoms with Crippen LogP contribution >= 0.6 is 0 Å². The molecule has 5 nitrogen and oxygen atoms in total. The van der Waals surface area contributed by atoms with Crippen LogP contribution in [0, 0.1) is 5.92 Å². The monoisotopic (exact) mass is 284 g/mol. The fourth-order valence-corrected chi connectivity index (χ4v) is 3.14. The van der Waals surface area contributed by atoms with E-state index in [9.17, 15) is 4.79 Å². The summed E-state index contributed by atoms with van der Waals surface area (Å²) in [6.07, 6.45) is 3.25. The third-order valence-corrected chi connectivity index (χ3v) is 4.70. The van der Waals surface area contributed by atoms with Crippen LogP contribution in [0.2, 0.25) is 0 Å². The number of nitrogens with zero attached hydrogens (tertiary/aromatic N) is 2. The minimum Gasteiger partial charge on any atom is -0.368 e. The van der Waals surface area contributed by atoms with Crippen molar-refractivity contribution in [3.8, 4) is 0 Å². The minimum absolute atomic E-state index is 0.269. The van der Waals surface area contributed by atoms with E-state index in [0.717, 1.165) is 25.4 Å². The van der Waals surface area contributed by atoms with Gasteiger partial charge in [0.15, 0.2) is 0 Å². The normalized spacial score (nSPS) is 22.7. The van der Waals surface area contributed by atoms with Gasteiger partial charge in [0.1, 0.15) is 0 Å². The Kier molecular flexibility index (Phi) is 6.43. The molecule has 1 fully saturated rings. The Balaban J connectivity index is 2.46. The van der Waals surface area contributed by atoms with Crippen molar-refractivity contribution >= 4 is 5.91 Å². The van der Waals surface area contributed by atoms with Crippen LogP contribution < -0.4 is 11.1 Å². The second-order valence-corrected chi connectivity index (χ2v) is 6.74. The van der Waals surface area contributed by atoms with Gasteiger partial charge >= 0.3 is 0 Å². The molecule has 2 unspecified atom stereocenters. The second-order valence-electron chi connectivity index (χ2n) is 6.74. The molecule has 0 bridgehead atoms. The van der Waals surface area contributed by atoms with Crippen LogP contribution in [-0.2, 0) is 4.79 Å². The van der Waals surface area contributed by atoms with E-state index in [0.29, 0.717) is 6.04 Å². The number of carbonyl (C=O) groups excluding carboxylic acids is 1. The Morgan fingerprint density at radius 3 is 2.40 bits per heavy atom. The molecular formula is C15H32N4O. The van der Waals surface area contributed by atoms with Crippen LogP contribution in [0.3, 0.4) is 0 Å². The van der Waals surface area contributed by atoms with Crippen molar-refractivity contribution in [3.63, 3.8) is 0 Å². The average Bonchev–Trinajstić information content (AvgIpc) is 2.38. The molecule has 1 rings (SSSR count). The number of likely N-dealkylation sites (N-methyl/N-ethyl adjacent to an activating group) is 1. The van der Waals surface area contributed by atoms with E-state index in [4.69, 9.17) is 5.73 Å². The molecule has 0 spiro atoms. The first-order chi connectivity index (χ1) is 9.28. The van der Waals surface area contributed by atoms with Gasteiger partial charge in [0, 0.05) is 12.6 Å². The minimum atomic E-state index is -0.611. The van der Waals surface area contributed by atoms with Gasteiger partial charge < -0.3 is 20.9 Å². The Bertz CT molecular complexity index is 313. The van der Waals surface area contributed by atoms with Crippen LogP contribution in [0.25, 0.3) is 0 Å². The molecule has 0 aromatic carbocycles.